The Hall–Kier alpha value is -0.920. The average molecular weight is 142 g/mol. The normalized spacial score (nSPS) is 11.0. The van der Waals surface area contributed by atoms with Crippen molar-refractivity contribution in [2.45, 2.75) is 13.8 Å². The molecule has 0 aromatic heterocycles. The Labute approximate surface area is 62.1 Å². The minimum absolute atomic E-state index is 0.606. The molecule has 0 atom stereocenters. The monoisotopic (exact) mass is 142 g/mol. The molecule has 58 valence electrons. The van der Waals surface area contributed by atoms with Crippen molar-refractivity contribution < 1.29 is 9.47 Å². The van der Waals surface area contributed by atoms with Crippen molar-refractivity contribution in [2.75, 3.05) is 13.2 Å². The van der Waals surface area contributed by atoms with E-state index in [1.54, 1.807) is 12.5 Å². The van der Waals surface area contributed by atoms with Crippen LogP contribution in [0.25, 0.3) is 0 Å². The van der Waals surface area contributed by atoms with Gasteiger partial charge in [-0.3, -0.25) is 0 Å². The molecule has 0 heterocycles. The van der Waals surface area contributed by atoms with Crippen LogP contribution in [0.3, 0.4) is 0 Å². The SMILES string of the molecule is CC=COCCOC=CC. The van der Waals surface area contributed by atoms with E-state index in [1.165, 1.54) is 0 Å². The van der Waals surface area contributed by atoms with Crippen molar-refractivity contribution in [1.82, 2.24) is 0 Å². The zero-order valence-electron chi connectivity index (χ0n) is 6.54. The van der Waals surface area contributed by atoms with Gasteiger partial charge in [-0.1, -0.05) is 12.2 Å². The first-order chi connectivity index (χ1) is 4.91. The lowest BCUT2D eigenvalue weighted by atomic mass is 10.7. The molecular formula is C8H14O2. The van der Waals surface area contributed by atoms with Crippen LogP contribution in [0.2, 0.25) is 0 Å². The maximum Gasteiger partial charge on any atom is 0.121 e. The number of rotatable bonds is 5. The van der Waals surface area contributed by atoms with Crippen LogP contribution in [0.5, 0.6) is 0 Å². The second-order valence-electron chi connectivity index (χ2n) is 1.68. The van der Waals surface area contributed by atoms with E-state index in [1.807, 2.05) is 26.0 Å². The molecule has 2 nitrogen and oxygen atoms in total. The molecular weight excluding hydrogens is 128 g/mol. The first kappa shape index (κ1) is 9.08. The van der Waals surface area contributed by atoms with E-state index >= 15 is 0 Å². The van der Waals surface area contributed by atoms with Gasteiger partial charge in [0.1, 0.15) is 13.2 Å². The Balaban J connectivity index is 2.90. The third-order valence-electron chi connectivity index (χ3n) is 0.784. The minimum atomic E-state index is 0.606. The molecule has 0 saturated carbocycles. The summed E-state index contributed by atoms with van der Waals surface area (Å²) in [6.07, 6.45) is 6.99. The lowest BCUT2D eigenvalue weighted by Gasteiger charge is -1.98. The Bertz CT molecular complexity index is 91.8. The maximum atomic E-state index is 4.99. The van der Waals surface area contributed by atoms with Crippen molar-refractivity contribution in [3.63, 3.8) is 0 Å². The molecule has 0 aromatic carbocycles. The summed E-state index contributed by atoms with van der Waals surface area (Å²) in [6, 6.07) is 0. The summed E-state index contributed by atoms with van der Waals surface area (Å²) in [5, 5.41) is 0. The fourth-order valence-corrected chi connectivity index (χ4v) is 0.425. The van der Waals surface area contributed by atoms with E-state index in [0.29, 0.717) is 13.2 Å². The maximum absolute atomic E-state index is 4.99. The van der Waals surface area contributed by atoms with E-state index in [2.05, 4.69) is 0 Å². The molecule has 0 rings (SSSR count). The average Bonchev–Trinajstić information content (AvgIpc) is 1.97. The van der Waals surface area contributed by atoms with Gasteiger partial charge >= 0.3 is 0 Å². The molecule has 0 N–H and O–H groups in total. The van der Waals surface area contributed by atoms with E-state index in [4.69, 9.17) is 9.47 Å². The van der Waals surface area contributed by atoms with Crippen molar-refractivity contribution >= 4 is 0 Å². The van der Waals surface area contributed by atoms with Gasteiger partial charge in [0.05, 0.1) is 12.5 Å². The summed E-state index contributed by atoms with van der Waals surface area (Å²) in [5.74, 6) is 0. The molecule has 0 unspecified atom stereocenters. The zero-order valence-corrected chi connectivity index (χ0v) is 6.54. The number of allylic oxidation sites excluding steroid dienone is 2. The molecule has 0 amide bonds. The standard InChI is InChI=1S/C8H14O2/c1-3-5-9-7-8-10-6-4-2/h3-6H,7-8H2,1-2H3. The molecule has 0 radical (unpaired) electrons. The fourth-order valence-electron chi connectivity index (χ4n) is 0.425. The first-order valence-electron chi connectivity index (χ1n) is 3.37. The summed E-state index contributed by atoms with van der Waals surface area (Å²) in [7, 11) is 0. The summed E-state index contributed by atoms with van der Waals surface area (Å²) in [5.41, 5.74) is 0. The highest BCUT2D eigenvalue weighted by atomic mass is 16.5. The molecule has 0 bridgehead atoms. The Morgan fingerprint density at radius 3 is 1.60 bits per heavy atom. The van der Waals surface area contributed by atoms with E-state index in [-0.39, 0.29) is 0 Å². The van der Waals surface area contributed by atoms with Gasteiger partial charge in [-0.15, -0.1) is 0 Å². The Kier molecular flexibility index (Phi) is 7.34. The summed E-state index contributed by atoms with van der Waals surface area (Å²) in [4.78, 5) is 0. The van der Waals surface area contributed by atoms with Gasteiger partial charge in [-0.05, 0) is 13.8 Å². The largest absolute Gasteiger partial charge is 0.498 e. The molecule has 0 aromatic rings. The van der Waals surface area contributed by atoms with Crippen LogP contribution in [0, 0.1) is 0 Å². The van der Waals surface area contributed by atoms with E-state index in [0.717, 1.165) is 0 Å². The number of hydrogen-bond donors (Lipinski definition) is 0. The topological polar surface area (TPSA) is 18.5 Å². The van der Waals surface area contributed by atoms with Gasteiger partial charge in [0.15, 0.2) is 0 Å². The highest BCUT2D eigenvalue weighted by molar-refractivity contribution is 4.66. The molecule has 0 fully saturated rings. The number of hydrogen-bond acceptors (Lipinski definition) is 2. The quantitative estimate of drug-likeness (QED) is 0.432. The minimum Gasteiger partial charge on any atom is -0.498 e. The molecule has 0 saturated heterocycles. The second-order valence-corrected chi connectivity index (χ2v) is 1.68. The smallest absolute Gasteiger partial charge is 0.121 e. The van der Waals surface area contributed by atoms with Gasteiger partial charge in [0.2, 0.25) is 0 Å². The van der Waals surface area contributed by atoms with E-state index in [9.17, 15) is 0 Å². The van der Waals surface area contributed by atoms with Crippen LogP contribution in [0.4, 0.5) is 0 Å². The van der Waals surface area contributed by atoms with Crippen LogP contribution in [0.1, 0.15) is 13.8 Å². The van der Waals surface area contributed by atoms with Crippen LogP contribution in [0.15, 0.2) is 24.7 Å². The van der Waals surface area contributed by atoms with Gasteiger partial charge < -0.3 is 9.47 Å². The molecule has 0 aliphatic heterocycles. The van der Waals surface area contributed by atoms with Crippen molar-refractivity contribution in [3.05, 3.63) is 24.7 Å². The summed E-state index contributed by atoms with van der Waals surface area (Å²) < 4.78 is 9.98. The lowest BCUT2D eigenvalue weighted by Crippen LogP contribution is -1.95. The van der Waals surface area contributed by atoms with Gasteiger partial charge in [0.25, 0.3) is 0 Å². The van der Waals surface area contributed by atoms with E-state index < -0.39 is 0 Å². The fraction of sp³-hybridized carbons (Fsp3) is 0.500. The first-order valence-corrected chi connectivity index (χ1v) is 3.37. The Morgan fingerprint density at radius 2 is 1.30 bits per heavy atom. The third kappa shape index (κ3) is 7.08. The molecule has 10 heavy (non-hydrogen) atoms. The summed E-state index contributed by atoms with van der Waals surface area (Å²) in [6.45, 7) is 5.03. The predicted molar refractivity (Wildman–Crippen MR) is 41.5 cm³/mol. The van der Waals surface area contributed by atoms with Gasteiger partial charge in [-0.25, -0.2) is 0 Å². The molecule has 0 spiro atoms. The molecule has 0 aliphatic rings. The second kappa shape index (κ2) is 8.08. The highest BCUT2D eigenvalue weighted by Crippen LogP contribution is 1.80. The van der Waals surface area contributed by atoms with Gasteiger partial charge in [-0.2, -0.15) is 0 Å². The van der Waals surface area contributed by atoms with Crippen LogP contribution in [-0.4, -0.2) is 13.2 Å². The predicted octanol–water partition coefficient (Wildman–Crippen LogP) is 2.09. The van der Waals surface area contributed by atoms with Crippen molar-refractivity contribution in [3.8, 4) is 0 Å². The lowest BCUT2D eigenvalue weighted by molar-refractivity contribution is 0.149. The third-order valence-corrected chi connectivity index (χ3v) is 0.784. The summed E-state index contributed by atoms with van der Waals surface area (Å²) >= 11 is 0. The molecule has 0 aliphatic carbocycles. The highest BCUT2D eigenvalue weighted by Gasteiger charge is 1.79. The zero-order chi connectivity index (χ0) is 7.66. The molecule has 2 heteroatoms. The van der Waals surface area contributed by atoms with Crippen molar-refractivity contribution in [2.24, 2.45) is 0 Å². The van der Waals surface area contributed by atoms with Crippen LogP contribution >= 0.6 is 0 Å². The van der Waals surface area contributed by atoms with Crippen molar-refractivity contribution in [1.29, 1.82) is 0 Å². The Morgan fingerprint density at radius 1 is 0.900 bits per heavy atom. The van der Waals surface area contributed by atoms with Crippen LogP contribution < -0.4 is 0 Å². The van der Waals surface area contributed by atoms with Gasteiger partial charge in [0, 0.05) is 0 Å². The number of ether oxygens (including phenoxy) is 2. The van der Waals surface area contributed by atoms with Crippen LogP contribution in [-0.2, 0) is 9.47 Å².